The minimum absolute atomic E-state index is 0.331. The van der Waals surface area contributed by atoms with Crippen LogP contribution in [0.4, 0.5) is 14.5 Å². The highest BCUT2D eigenvalue weighted by molar-refractivity contribution is 5.94. The predicted molar refractivity (Wildman–Crippen MR) is 67.7 cm³/mol. The number of carbonyl (C=O) groups is 2. The topological polar surface area (TPSA) is 75.6 Å². The lowest BCUT2D eigenvalue weighted by Crippen LogP contribution is -2.27. The Morgan fingerprint density at radius 1 is 1.25 bits per heavy atom. The van der Waals surface area contributed by atoms with E-state index in [4.69, 9.17) is 9.84 Å². The Balaban J connectivity index is 2.85. The Labute approximate surface area is 114 Å². The van der Waals surface area contributed by atoms with Crippen molar-refractivity contribution in [2.24, 2.45) is 0 Å². The lowest BCUT2D eigenvalue weighted by atomic mass is 10.1. The summed E-state index contributed by atoms with van der Waals surface area (Å²) in [5.41, 5.74) is -1.69. The van der Waals surface area contributed by atoms with Crippen LogP contribution in [0.5, 0.6) is 0 Å². The molecule has 0 saturated carbocycles. The van der Waals surface area contributed by atoms with Crippen LogP contribution in [0.25, 0.3) is 0 Å². The molecule has 1 amide bonds. The summed E-state index contributed by atoms with van der Waals surface area (Å²) in [6.45, 7) is 4.88. The van der Waals surface area contributed by atoms with Crippen LogP contribution in [0.2, 0.25) is 0 Å². The molecule has 7 heteroatoms. The molecule has 0 aromatic heterocycles. The van der Waals surface area contributed by atoms with E-state index in [-0.39, 0.29) is 6.61 Å². The average molecular weight is 287 g/mol. The standard InChI is InChI=1S/C13H15F2NO4/c1-13(2,3)20-6-11(17)16-10-4-7(12(18)19)8(14)5-9(10)15/h4-5H,6H2,1-3H3,(H,16,17)(H,18,19). The maximum atomic E-state index is 13.4. The van der Waals surface area contributed by atoms with E-state index in [1.54, 1.807) is 20.8 Å². The highest BCUT2D eigenvalue weighted by Gasteiger charge is 2.18. The number of benzene rings is 1. The van der Waals surface area contributed by atoms with E-state index in [0.717, 1.165) is 6.07 Å². The fourth-order valence-electron chi connectivity index (χ4n) is 1.28. The minimum Gasteiger partial charge on any atom is -0.478 e. The van der Waals surface area contributed by atoms with Gasteiger partial charge >= 0.3 is 5.97 Å². The van der Waals surface area contributed by atoms with Gasteiger partial charge in [0.05, 0.1) is 16.9 Å². The van der Waals surface area contributed by atoms with Crippen LogP contribution in [0.1, 0.15) is 31.1 Å². The summed E-state index contributed by atoms with van der Waals surface area (Å²) in [5.74, 6) is -4.48. The molecular formula is C13H15F2NO4. The first-order valence-corrected chi connectivity index (χ1v) is 5.76. The Morgan fingerprint density at radius 2 is 1.85 bits per heavy atom. The Hall–Kier alpha value is -2.02. The molecule has 110 valence electrons. The number of hydrogen-bond donors (Lipinski definition) is 2. The number of ether oxygens (including phenoxy) is 1. The van der Waals surface area contributed by atoms with Crippen LogP contribution in [-0.2, 0) is 9.53 Å². The molecule has 0 bridgehead atoms. The fraction of sp³-hybridized carbons (Fsp3) is 0.385. The summed E-state index contributed by atoms with van der Waals surface area (Å²) in [6, 6.07) is 1.13. The number of carboxylic acids is 1. The molecule has 0 aliphatic rings. The van der Waals surface area contributed by atoms with E-state index in [9.17, 15) is 18.4 Å². The summed E-state index contributed by atoms with van der Waals surface area (Å²) in [6.07, 6.45) is 0. The Bertz CT molecular complexity index is 538. The second-order valence-electron chi connectivity index (χ2n) is 5.07. The molecule has 0 fully saturated rings. The molecule has 20 heavy (non-hydrogen) atoms. The quantitative estimate of drug-likeness (QED) is 0.891. The first-order chi connectivity index (χ1) is 9.10. The number of carboxylic acid groups (broad SMARTS) is 1. The van der Waals surface area contributed by atoms with Crippen LogP contribution in [-0.4, -0.2) is 29.2 Å². The smallest absolute Gasteiger partial charge is 0.338 e. The van der Waals surface area contributed by atoms with Crippen molar-refractivity contribution in [3.8, 4) is 0 Å². The lowest BCUT2D eigenvalue weighted by molar-refractivity contribution is -0.125. The number of rotatable bonds is 4. The van der Waals surface area contributed by atoms with E-state index >= 15 is 0 Å². The summed E-state index contributed by atoms with van der Waals surface area (Å²) >= 11 is 0. The normalized spacial score (nSPS) is 11.2. The SMILES string of the molecule is CC(C)(C)OCC(=O)Nc1cc(C(=O)O)c(F)cc1F. The molecule has 0 heterocycles. The lowest BCUT2D eigenvalue weighted by Gasteiger charge is -2.19. The van der Waals surface area contributed by atoms with Gasteiger partial charge in [-0.3, -0.25) is 4.79 Å². The third-order valence-corrected chi connectivity index (χ3v) is 2.20. The predicted octanol–water partition coefficient (Wildman–Crippen LogP) is 2.42. The second kappa shape index (κ2) is 5.96. The molecule has 0 radical (unpaired) electrons. The minimum atomic E-state index is -1.55. The van der Waals surface area contributed by atoms with Crippen molar-refractivity contribution in [3.63, 3.8) is 0 Å². The van der Waals surface area contributed by atoms with Crippen LogP contribution in [0.15, 0.2) is 12.1 Å². The highest BCUT2D eigenvalue weighted by Crippen LogP contribution is 2.19. The van der Waals surface area contributed by atoms with Crippen molar-refractivity contribution >= 4 is 17.6 Å². The summed E-state index contributed by atoms with van der Waals surface area (Å²) in [5, 5.41) is 10.9. The van der Waals surface area contributed by atoms with Crippen molar-refractivity contribution < 1.29 is 28.2 Å². The van der Waals surface area contributed by atoms with Gasteiger partial charge in [-0.15, -0.1) is 0 Å². The summed E-state index contributed by atoms with van der Waals surface area (Å²) in [7, 11) is 0. The van der Waals surface area contributed by atoms with Gasteiger partial charge in [0.2, 0.25) is 5.91 Å². The molecule has 0 aliphatic carbocycles. The molecule has 5 nitrogen and oxygen atoms in total. The van der Waals surface area contributed by atoms with Gasteiger partial charge in [0.15, 0.2) is 0 Å². The molecule has 1 rings (SSSR count). The second-order valence-corrected chi connectivity index (χ2v) is 5.07. The van der Waals surface area contributed by atoms with Crippen LogP contribution in [0, 0.1) is 11.6 Å². The Morgan fingerprint density at radius 3 is 2.35 bits per heavy atom. The fourth-order valence-corrected chi connectivity index (χ4v) is 1.28. The van der Waals surface area contributed by atoms with Gasteiger partial charge in [0, 0.05) is 6.07 Å². The largest absolute Gasteiger partial charge is 0.478 e. The number of halogens is 2. The molecule has 0 aliphatic heterocycles. The van der Waals surface area contributed by atoms with Crippen molar-refractivity contribution in [1.82, 2.24) is 0 Å². The van der Waals surface area contributed by atoms with Crippen molar-refractivity contribution in [1.29, 1.82) is 0 Å². The molecule has 0 saturated heterocycles. The number of amides is 1. The maximum Gasteiger partial charge on any atom is 0.338 e. The van der Waals surface area contributed by atoms with E-state index in [2.05, 4.69) is 5.32 Å². The van der Waals surface area contributed by atoms with Crippen molar-refractivity contribution in [2.45, 2.75) is 26.4 Å². The number of carbonyl (C=O) groups excluding carboxylic acids is 1. The third kappa shape index (κ3) is 4.58. The molecular weight excluding hydrogens is 272 g/mol. The van der Waals surface area contributed by atoms with Gasteiger partial charge in [0.1, 0.15) is 18.2 Å². The summed E-state index contributed by atoms with van der Waals surface area (Å²) in [4.78, 5) is 22.3. The first-order valence-electron chi connectivity index (χ1n) is 5.76. The Kier molecular flexibility index (Phi) is 4.78. The van der Waals surface area contributed by atoms with Gasteiger partial charge in [0.25, 0.3) is 0 Å². The number of anilines is 1. The van der Waals surface area contributed by atoms with Crippen LogP contribution < -0.4 is 5.32 Å². The highest BCUT2D eigenvalue weighted by atomic mass is 19.1. The van der Waals surface area contributed by atoms with E-state index in [1.165, 1.54) is 0 Å². The van der Waals surface area contributed by atoms with Gasteiger partial charge < -0.3 is 15.2 Å². The van der Waals surface area contributed by atoms with Gasteiger partial charge in [-0.1, -0.05) is 0 Å². The van der Waals surface area contributed by atoms with Crippen LogP contribution >= 0.6 is 0 Å². The molecule has 0 atom stereocenters. The summed E-state index contributed by atoms with van der Waals surface area (Å²) < 4.78 is 31.8. The van der Waals surface area contributed by atoms with E-state index in [0.29, 0.717) is 6.07 Å². The van der Waals surface area contributed by atoms with Gasteiger partial charge in [-0.05, 0) is 26.8 Å². The third-order valence-electron chi connectivity index (χ3n) is 2.20. The van der Waals surface area contributed by atoms with Crippen LogP contribution in [0.3, 0.4) is 0 Å². The average Bonchev–Trinajstić information content (AvgIpc) is 2.28. The van der Waals surface area contributed by atoms with E-state index in [1.807, 2.05) is 0 Å². The van der Waals surface area contributed by atoms with E-state index < -0.39 is 40.4 Å². The zero-order valence-electron chi connectivity index (χ0n) is 11.3. The van der Waals surface area contributed by atoms with Gasteiger partial charge in [-0.25, -0.2) is 13.6 Å². The molecule has 0 unspecified atom stereocenters. The molecule has 2 N–H and O–H groups in total. The number of hydrogen-bond acceptors (Lipinski definition) is 3. The molecule has 0 spiro atoms. The first kappa shape index (κ1) is 16.0. The van der Waals surface area contributed by atoms with Crippen molar-refractivity contribution in [3.05, 3.63) is 29.3 Å². The number of nitrogens with one attached hydrogen (secondary N) is 1. The zero-order chi connectivity index (χ0) is 15.5. The maximum absolute atomic E-state index is 13.4. The van der Waals surface area contributed by atoms with Gasteiger partial charge in [-0.2, -0.15) is 0 Å². The molecule has 1 aromatic carbocycles. The van der Waals surface area contributed by atoms with Crippen molar-refractivity contribution in [2.75, 3.05) is 11.9 Å². The monoisotopic (exact) mass is 287 g/mol. The molecule has 1 aromatic rings. The zero-order valence-corrected chi connectivity index (χ0v) is 11.3. The number of aromatic carboxylic acids is 1.